The predicted molar refractivity (Wildman–Crippen MR) is 116 cm³/mol. The zero-order valence-corrected chi connectivity index (χ0v) is 17.6. The van der Waals surface area contributed by atoms with Gasteiger partial charge in [0, 0.05) is 18.3 Å². The molecule has 2 aromatic carbocycles. The van der Waals surface area contributed by atoms with Gasteiger partial charge in [0.15, 0.2) is 11.0 Å². The second-order valence-electron chi connectivity index (χ2n) is 6.30. The zero-order chi connectivity index (χ0) is 21.3. The fourth-order valence-corrected chi connectivity index (χ4v) is 3.33. The summed E-state index contributed by atoms with van der Waals surface area (Å²) in [5.74, 6) is 1.23. The molecule has 0 saturated heterocycles. The van der Waals surface area contributed by atoms with Crippen molar-refractivity contribution < 1.29 is 14.3 Å². The van der Waals surface area contributed by atoms with Gasteiger partial charge in [0.05, 0.1) is 18.9 Å². The van der Waals surface area contributed by atoms with Crippen LogP contribution in [-0.4, -0.2) is 38.9 Å². The highest BCUT2D eigenvalue weighted by molar-refractivity contribution is 7.99. The molecule has 8 nitrogen and oxygen atoms in total. The second kappa shape index (κ2) is 10.4. The van der Waals surface area contributed by atoms with E-state index in [1.807, 2.05) is 37.3 Å². The highest BCUT2D eigenvalue weighted by atomic mass is 32.2. The number of carbonyl (C=O) groups excluding carboxylic acids is 2. The Balaban J connectivity index is 1.48. The second-order valence-corrected chi connectivity index (χ2v) is 7.24. The van der Waals surface area contributed by atoms with E-state index in [1.54, 1.807) is 35.9 Å². The fourth-order valence-electron chi connectivity index (χ4n) is 2.60. The lowest BCUT2D eigenvalue weighted by Crippen LogP contribution is -2.24. The van der Waals surface area contributed by atoms with Crippen LogP contribution in [0.25, 0.3) is 0 Å². The number of amides is 2. The van der Waals surface area contributed by atoms with Crippen LogP contribution in [-0.2, 0) is 18.4 Å². The Morgan fingerprint density at radius 3 is 2.50 bits per heavy atom. The van der Waals surface area contributed by atoms with Crippen LogP contribution in [0.2, 0.25) is 0 Å². The highest BCUT2D eigenvalue weighted by Crippen LogP contribution is 2.18. The summed E-state index contributed by atoms with van der Waals surface area (Å²) in [4.78, 5) is 24.4. The topological polar surface area (TPSA) is 98.1 Å². The summed E-state index contributed by atoms with van der Waals surface area (Å²) in [6, 6.07) is 16.2. The molecule has 1 heterocycles. The van der Waals surface area contributed by atoms with Gasteiger partial charge in [-0.3, -0.25) is 9.59 Å². The number of rotatable bonds is 9. The molecule has 0 radical (unpaired) electrons. The van der Waals surface area contributed by atoms with Crippen LogP contribution in [0.4, 0.5) is 5.69 Å². The molecule has 0 unspecified atom stereocenters. The number of carbonyl (C=O) groups is 2. The van der Waals surface area contributed by atoms with Crippen LogP contribution in [0.5, 0.6) is 5.75 Å². The molecule has 3 aromatic rings. The molecule has 156 valence electrons. The number of hydrogen-bond acceptors (Lipinski definition) is 6. The third kappa shape index (κ3) is 5.84. The number of benzene rings is 2. The molecule has 0 aliphatic heterocycles. The van der Waals surface area contributed by atoms with E-state index in [1.165, 1.54) is 11.8 Å². The maximum absolute atomic E-state index is 12.2. The number of thioether (sulfide) groups is 1. The van der Waals surface area contributed by atoms with Crippen molar-refractivity contribution in [2.75, 3.05) is 17.7 Å². The molecule has 0 aliphatic rings. The van der Waals surface area contributed by atoms with Gasteiger partial charge < -0.3 is 19.9 Å². The van der Waals surface area contributed by atoms with E-state index in [-0.39, 0.29) is 24.1 Å². The van der Waals surface area contributed by atoms with E-state index in [0.29, 0.717) is 28.8 Å². The van der Waals surface area contributed by atoms with E-state index < -0.39 is 0 Å². The van der Waals surface area contributed by atoms with Crippen LogP contribution < -0.4 is 15.4 Å². The Hall–Kier alpha value is -3.33. The molecule has 3 rings (SSSR count). The molecular formula is C21H23N5O3S. The van der Waals surface area contributed by atoms with Crippen molar-refractivity contribution in [3.63, 3.8) is 0 Å². The standard InChI is InChI=1S/C21H23N5O3S/c1-3-29-17-11-9-16(10-12-17)23-19(27)14-30-21-25-24-18(26(21)2)13-22-20(28)15-7-5-4-6-8-15/h4-12H,3,13-14H2,1-2H3,(H,22,28)(H,23,27). The molecule has 0 fully saturated rings. The van der Waals surface area contributed by atoms with Gasteiger partial charge in [-0.2, -0.15) is 0 Å². The fraction of sp³-hybridized carbons (Fsp3) is 0.238. The zero-order valence-electron chi connectivity index (χ0n) is 16.8. The Morgan fingerprint density at radius 1 is 1.07 bits per heavy atom. The quantitative estimate of drug-likeness (QED) is 0.512. The van der Waals surface area contributed by atoms with Gasteiger partial charge in [0.1, 0.15) is 5.75 Å². The van der Waals surface area contributed by atoms with Crippen LogP contribution in [0.15, 0.2) is 59.8 Å². The lowest BCUT2D eigenvalue weighted by Gasteiger charge is -2.07. The number of nitrogens with one attached hydrogen (secondary N) is 2. The van der Waals surface area contributed by atoms with Gasteiger partial charge >= 0.3 is 0 Å². The number of nitrogens with zero attached hydrogens (tertiary/aromatic N) is 3. The molecular weight excluding hydrogens is 402 g/mol. The van der Waals surface area contributed by atoms with Crippen LogP contribution in [0.1, 0.15) is 23.1 Å². The summed E-state index contributed by atoms with van der Waals surface area (Å²) in [6.07, 6.45) is 0. The molecule has 0 spiro atoms. The van der Waals surface area contributed by atoms with Crippen molar-refractivity contribution in [3.8, 4) is 5.75 Å². The first kappa shape index (κ1) is 21.4. The van der Waals surface area contributed by atoms with E-state index in [2.05, 4.69) is 20.8 Å². The van der Waals surface area contributed by atoms with Crippen molar-refractivity contribution >= 4 is 29.3 Å². The third-order valence-corrected chi connectivity index (χ3v) is 5.17. The Bertz CT molecular complexity index is 990. The Kier molecular flexibility index (Phi) is 7.45. The molecule has 2 amide bonds. The average molecular weight is 426 g/mol. The van der Waals surface area contributed by atoms with E-state index in [0.717, 1.165) is 5.75 Å². The first-order valence-electron chi connectivity index (χ1n) is 9.44. The SMILES string of the molecule is CCOc1ccc(NC(=O)CSc2nnc(CNC(=O)c3ccccc3)n2C)cc1. The van der Waals surface area contributed by atoms with Crippen molar-refractivity contribution in [1.82, 2.24) is 20.1 Å². The molecule has 0 saturated carbocycles. The highest BCUT2D eigenvalue weighted by Gasteiger charge is 2.13. The van der Waals surface area contributed by atoms with Crippen molar-refractivity contribution in [2.45, 2.75) is 18.6 Å². The van der Waals surface area contributed by atoms with Gasteiger partial charge in [-0.1, -0.05) is 30.0 Å². The van der Waals surface area contributed by atoms with E-state index in [9.17, 15) is 9.59 Å². The summed E-state index contributed by atoms with van der Waals surface area (Å²) in [7, 11) is 1.80. The lowest BCUT2D eigenvalue weighted by atomic mass is 10.2. The number of anilines is 1. The van der Waals surface area contributed by atoms with Gasteiger partial charge in [-0.25, -0.2) is 0 Å². The molecule has 2 N–H and O–H groups in total. The molecule has 30 heavy (non-hydrogen) atoms. The summed E-state index contributed by atoms with van der Waals surface area (Å²) in [6.45, 7) is 2.76. The summed E-state index contributed by atoms with van der Waals surface area (Å²) in [5, 5.41) is 14.5. The maximum Gasteiger partial charge on any atom is 0.251 e. The van der Waals surface area contributed by atoms with Gasteiger partial charge in [-0.05, 0) is 43.3 Å². The van der Waals surface area contributed by atoms with Crippen LogP contribution >= 0.6 is 11.8 Å². The predicted octanol–water partition coefficient (Wildman–Crippen LogP) is 2.87. The maximum atomic E-state index is 12.2. The molecule has 1 aromatic heterocycles. The van der Waals surface area contributed by atoms with Crippen LogP contribution in [0.3, 0.4) is 0 Å². The first-order valence-corrected chi connectivity index (χ1v) is 10.4. The number of aromatic nitrogens is 3. The molecule has 0 bridgehead atoms. The summed E-state index contributed by atoms with van der Waals surface area (Å²) in [5.41, 5.74) is 1.28. The third-order valence-electron chi connectivity index (χ3n) is 4.15. The van der Waals surface area contributed by atoms with Crippen LogP contribution in [0, 0.1) is 0 Å². The minimum Gasteiger partial charge on any atom is -0.494 e. The van der Waals surface area contributed by atoms with Gasteiger partial charge in [0.2, 0.25) is 5.91 Å². The molecule has 0 atom stereocenters. The normalized spacial score (nSPS) is 10.5. The van der Waals surface area contributed by atoms with E-state index in [4.69, 9.17) is 4.74 Å². The van der Waals surface area contributed by atoms with Gasteiger partial charge in [0.25, 0.3) is 5.91 Å². The number of ether oxygens (including phenoxy) is 1. The van der Waals surface area contributed by atoms with Crippen molar-refractivity contribution in [2.24, 2.45) is 7.05 Å². The summed E-state index contributed by atoms with van der Waals surface area (Å²) >= 11 is 1.28. The van der Waals surface area contributed by atoms with E-state index >= 15 is 0 Å². The lowest BCUT2D eigenvalue weighted by molar-refractivity contribution is -0.113. The van der Waals surface area contributed by atoms with Crippen molar-refractivity contribution in [3.05, 3.63) is 66.0 Å². The molecule has 0 aliphatic carbocycles. The first-order chi connectivity index (χ1) is 14.6. The largest absolute Gasteiger partial charge is 0.494 e. The molecule has 9 heteroatoms. The van der Waals surface area contributed by atoms with Crippen molar-refractivity contribution in [1.29, 1.82) is 0 Å². The average Bonchev–Trinajstić information content (AvgIpc) is 3.12. The minimum atomic E-state index is -0.178. The monoisotopic (exact) mass is 425 g/mol. The number of hydrogen-bond donors (Lipinski definition) is 2. The Morgan fingerprint density at radius 2 is 1.80 bits per heavy atom. The summed E-state index contributed by atoms with van der Waals surface area (Å²) < 4.78 is 7.15. The Labute approximate surface area is 179 Å². The smallest absolute Gasteiger partial charge is 0.251 e. The minimum absolute atomic E-state index is 0.147. The van der Waals surface area contributed by atoms with Gasteiger partial charge in [-0.15, -0.1) is 10.2 Å².